The minimum Gasteiger partial charge on any atom is -0.478 e. The Labute approximate surface area is 120 Å². The van der Waals surface area contributed by atoms with Crippen molar-refractivity contribution in [3.63, 3.8) is 0 Å². The minimum atomic E-state index is -0.999. The van der Waals surface area contributed by atoms with Crippen molar-refractivity contribution in [1.29, 1.82) is 0 Å². The van der Waals surface area contributed by atoms with Crippen LogP contribution < -0.4 is 5.32 Å². The molecule has 0 aliphatic rings. The summed E-state index contributed by atoms with van der Waals surface area (Å²) in [4.78, 5) is 23.0. The van der Waals surface area contributed by atoms with Crippen molar-refractivity contribution in [2.75, 3.05) is 0 Å². The van der Waals surface area contributed by atoms with Gasteiger partial charge in [-0.1, -0.05) is 32.0 Å². The van der Waals surface area contributed by atoms with Crippen LogP contribution in [0.5, 0.6) is 0 Å². The van der Waals surface area contributed by atoms with Gasteiger partial charge in [0, 0.05) is 6.04 Å². The number of carboxylic acid groups (broad SMARTS) is 1. The molecule has 2 N–H and O–H groups in total. The van der Waals surface area contributed by atoms with Crippen molar-refractivity contribution < 1.29 is 14.7 Å². The van der Waals surface area contributed by atoms with Gasteiger partial charge in [-0.15, -0.1) is 0 Å². The summed E-state index contributed by atoms with van der Waals surface area (Å²) in [5.74, 6) is -0.515. The molecular formula is C16H23NO3. The Morgan fingerprint density at radius 1 is 1.15 bits per heavy atom. The van der Waals surface area contributed by atoms with Crippen LogP contribution in [0.1, 0.15) is 49.5 Å². The van der Waals surface area contributed by atoms with Crippen molar-refractivity contribution >= 4 is 11.9 Å². The van der Waals surface area contributed by atoms with Gasteiger partial charge in [0.2, 0.25) is 5.91 Å². The third-order valence-electron chi connectivity index (χ3n) is 3.18. The zero-order chi connectivity index (χ0) is 15.1. The lowest BCUT2D eigenvalue weighted by Crippen LogP contribution is -2.34. The molecule has 0 aliphatic carbocycles. The maximum Gasteiger partial charge on any atom is 0.335 e. The largest absolute Gasteiger partial charge is 0.478 e. The van der Waals surface area contributed by atoms with Gasteiger partial charge >= 0.3 is 5.97 Å². The lowest BCUT2D eigenvalue weighted by Gasteiger charge is -2.15. The third kappa shape index (κ3) is 5.43. The highest BCUT2D eigenvalue weighted by atomic mass is 16.4. The Morgan fingerprint density at radius 2 is 1.80 bits per heavy atom. The molecule has 0 saturated heterocycles. The summed E-state index contributed by atoms with van der Waals surface area (Å²) in [7, 11) is 0. The van der Waals surface area contributed by atoms with Crippen LogP contribution in [0.3, 0.4) is 0 Å². The fourth-order valence-corrected chi connectivity index (χ4v) is 2.04. The first-order valence-electron chi connectivity index (χ1n) is 7.00. The van der Waals surface area contributed by atoms with Gasteiger partial charge < -0.3 is 10.4 Å². The Hall–Kier alpha value is -1.84. The molecule has 0 fully saturated rings. The van der Waals surface area contributed by atoms with E-state index in [2.05, 4.69) is 19.2 Å². The molecule has 4 nitrogen and oxygen atoms in total. The summed E-state index contributed by atoms with van der Waals surface area (Å²) in [6.45, 7) is 6.28. The molecule has 20 heavy (non-hydrogen) atoms. The monoisotopic (exact) mass is 277 g/mol. The second-order valence-electron chi connectivity index (χ2n) is 5.58. The second kappa shape index (κ2) is 7.68. The summed E-state index contributed by atoms with van der Waals surface area (Å²) < 4.78 is 0. The van der Waals surface area contributed by atoms with E-state index in [4.69, 9.17) is 5.11 Å². The smallest absolute Gasteiger partial charge is 0.335 e. The van der Waals surface area contributed by atoms with E-state index in [1.807, 2.05) is 6.92 Å². The topological polar surface area (TPSA) is 66.4 Å². The molecule has 0 radical (unpaired) electrons. The molecule has 1 unspecified atom stereocenters. The Kier molecular flexibility index (Phi) is 6.22. The maximum absolute atomic E-state index is 11.9. The van der Waals surface area contributed by atoms with E-state index in [1.165, 1.54) is 6.07 Å². The van der Waals surface area contributed by atoms with E-state index in [1.54, 1.807) is 18.2 Å². The van der Waals surface area contributed by atoms with Crippen molar-refractivity contribution in [2.24, 2.45) is 5.92 Å². The number of carbonyl (C=O) groups excluding carboxylic acids is 1. The molecule has 1 aromatic rings. The van der Waals surface area contributed by atoms with E-state index in [0.29, 0.717) is 11.5 Å². The molecule has 1 aromatic carbocycles. The first-order valence-corrected chi connectivity index (χ1v) is 7.00. The normalized spacial score (nSPS) is 12.2. The SMILES string of the molecule is CC(C)CCC(C)NC(=O)Cc1ccccc1C(=O)O. The van der Waals surface area contributed by atoms with Crippen molar-refractivity contribution in [2.45, 2.75) is 46.1 Å². The number of hydrogen-bond donors (Lipinski definition) is 2. The average molecular weight is 277 g/mol. The van der Waals surface area contributed by atoms with Crippen molar-refractivity contribution in [3.05, 3.63) is 35.4 Å². The first-order chi connectivity index (χ1) is 9.40. The van der Waals surface area contributed by atoms with Gasteiger partial charge in [-0.05, 0) is 37.3 Å². The van der Waals surface area contributed by atoms with Crippen LogP contribution in [0.2, 0.25) is 0 Å². The third-order valence-corrected chi connectivity index (χ3v) is 3.18. The molecule has 1 rings (SSSR count). The molecule has 0 spiro atoms. The molecule has 1 atom stereocenters. The highest BCUT2D eigenvalue weighted by Crippen LogP contribution is 2.10. The van der Waals surface area contributed by atoms with Gasteiger partial charge in [-0.2, -0.15) is 0 Å². The predicted molar refractivity (Wildman–Crippen MR) is 78.8 cm³/mol. The van der Waals surface area contributed by atoms with Crippen LogP contribution in [0.25, 0.3) is 0 Å². The highest BCUT2D eigenvalue weighted by molar-refractivity contribution is 5.91. The van der Waals surface area contributed by atoms with Crippen molar-refractivity contribution in [1.82, 2.24) is 5.32 Å². The Balaban J connectivity index is 2.56. The number of rotatable bonds is 7. The zero-order valence-electron chi connectivity index (χ0n) is 12.3. The van der Waals surface area contributed by atoms with Gasteiger partial charge in [0.15, 0.2) is 0 Å². The summed E-state index contributed by atoms with van der Waals surface area (Å²) in [5.41, 5.74) is 0.742. The molecule has 0 heterocycles. The quantitative estimate of drug-likeness (QED) is 0.805. The standard InChI is InChI=1S/C16H23NO3/c1-11(2)8-9-12(3)17-15(18)10-13-6-4-5-7-14(13)16(19)20/h4-7,11-12H,8-10H2,1-3H3,(H,17,18)(H,19,20). The first kappa shape index (κ1) is 16.2. The van der Waals surface area contributed by atoms with Gasteiger partial charge in [0.25, 0.3) is 0 Å². The van der Waals surface area contributed by atoms with Crippen LogP contribution in [-0.2, 0) is 11.2 Å². The molecule has 0 aromatic heterocycles. The van der Waals surface area contributed by atoms with Crippen LogP contribution in [0.15, 0.2) is 24.3 Å². The molecule has 0 saturated carbocycles. The van der Waals surface area contributed by atoms with E-state index < -0.39 is 5.97 Å². The predicted octanol–water partition coefficient (Wildman–Crippen LogP) is 2.87. The Morgan fingerprint density at radius 3 is 2.40 bits per heavy atom. The Bertz CT molecular complexity index is 469. The summed E-state index contributed by atoms with van der Waals surface area (Å²) in [5, 5.41) is 12.0. The van der Waals surface area contributed by atoms with E-state index >= 15 is 0 Å². The van der Waals surface area contributed by atoms with Gasteiger partial charge in [0.1, 0.15) is 0 Å². The fourth-order valence-electron chi connectivity index (χ4n) is 2.04. The molecule has 0 bridgehead atoms. The number of nitrogens with one attached hydrogen (secondary N) is 1. The number of hydrogen-bond acceptors (Lipinski definition) is 2. The second-order valence-corrected chi connectivity index (χ2v) is 5.58. The summed E-state index contributed by atoms with van der Waals surface area (Å²) in [6.07, 6.45) is 2.10. The van der Waals surface area contributed by atoms with E-state index in [0.717, 1.165) is 12.8 Å². The average Bonchev–Trinajstić information content (AvgIpc) is 2.36. The molecule has 1 amide bonds. The maximum atomic E-state index is 11.9. The van der Waals surface area contributed by atoms with Gasteiger partial charge in [-0.25, -0.2) is 4.79 Å². The highest BCUT2D eigenvalue weighted by Gasteiger charge is 2.14. The van der Waals surface area contributed by atoms with Gasteiger partial charge in [0.05, 0.1) is 12.0 Å². The lowest BCUT2D eigenvalue weighted by atomic mass is 10.0. The minimum absolute atomic E-state index is 0.106. The number of carboxylic acids is 1. The van der Waals surface area contributed by atoms with Crippen LogP contribution >= 0.6 is 0 Å². The number of amides is 1. The van der Waals surface area contributed by atoms with Crippen LogP contribution in [-0.4, -0.2) is 23.0 Å². The summed E-state index contributed by atoms with van der Waals surface area (Å²) >= 11 is 0. The number of aromatic carboxylic acids is 1. The van der Waals surface area contributed by atoms with Crippen molar-refractivity contribution in [3.8, 4) is 0 Å². The van der Waals surface area contributed by atoms with Crippen LogP contribution in [0, 0.1) is 5.92 Å². The molecule has 0 aliphatic heterocycles. The number of benzene rings is 1. The molecule has 4 heteroatoms. The van der Waals surface area contributed by atoms with Gasteiger partial charge in [-0.3, -0.25) is 4.79 Å². The van der Waals surface area contributed by atoms with Crippen LogP contribution in [0.4, 0.5) is 0 Å². The van der Waals surface area contributed by atoms with E-state index in [-0.39, 0.29) is 23.9 Å². The molecule has 110 valence electrons. The lowest BCUT2D eigenvalue weighted by molar-refractivity contribution is -0.121. The number of carbonyl (C=O) groups is 2. The van der Waals surface area contributed by atoms with E-state index in [9.17, 15) is 9.59 Å². The molecular weight excluding hydrogens is 254 g/mol. The zero-order valence-corrected chi connectivity index (χ0v) is 12.3. The summed E-state index contributed by atoms with van der Waals surface area (Å²) in [6, 6.07) is 6.73. The fraction of sp³-hybridized carbons (Fsp3) is 0.500.